The predicted molar refractivity (Wildman–Crippen MR) is 97.4 cm³/mol. The van der Waals surface area contributed by atoms with Gasteiger partial charge in [-0.2, -0.15) is 0 Å². The number of carboxylic acid groups (broad SMARTS) is 2. The Hall–Kier alpha value is -3.29. The molecule has 0 bridgehead atoms. The summed E-state index contributed by atoms with van der Waals surface area (Å²) in [4.78, 5) is 29.6. The summed E-state index contributed by atoms with van der Waals surface area (Å²) < 4.78 is 0. The molecular weight excluding hydrogens is 391 g/mol. The van der Waals surface area contributed by atoms with Gasteiger partial charge in [0.05, 0.1) is 22.2 Å². The number of aromatic nitrogens is 2. The van der Waals surface area contributed by atoms with E-state index in [4.69, 9.17) is 10.2 Å². The Morgan fingerprint density at radius 1 is 0.630 bits per heavy atom. The molecule has 2 aromatic carbocycles. The number of para-hydroxylation sites is 2. The first-order chi connectivity index (χ1) is 12.6. The van der Waals surface area contributed by atoms with Gasteiger partial charge in [-0.1, -0.05) is 36.4 Å². The van der Waals surface area contributed by atoms with Crippen LogP contribution in [-0.2, 0) is 16.8 Å². The Morgan fingerprint density at radius 2 is 1.00 bits per heavy atom. The van der Waals surface area contributed by atoms with Crippen molar-refractivity contribution in [3.8, 4) is 0 Å². The summed E-state index contributed by atoms with van der Waals surface area (Å²) >= 11 is 0. The van der Waals surface area contributed by atoms with E-state index in [2.05, 4.69) is 9.97 Å². The molecule has 137 valence electrons. The molecule has 0 aliphatic rings. The first-order valence-electron chi connectivity index (χ1n) is 7.72. The van der Waals surface area contributed by atoms with E-state index in [0.717, 1.165) is 10.8 Å². The standard InChI is InChI=1S/2C10H7NO2.Co/c2*12-10(13)8-5-1-3-7-4-2-6-11-9(7)8;/h2*1-6H,(H,12,13);. The molecule has 2 heterocycles. The number of carboxylic acids is 2. The minimum absolute atomic E-state index is 0. The molecule has 2 aromatic heterocycles. The van der Waals surface area contributed by atoms with Crippen molar-refractivity contribution in [2.75, 3.05) is 0 Å². The van der Waals surface area contributed by atoms with E-state index in [1.807, 2.05) is 24.3 Å². The SMILES string of the molecule is O=C(O)c1cccc2cccnc12.O=C(O)c1cccc2cccnc12.[Co]. The maximum atomic E-state index is 10.8. The van der Waals surface area contributed by atoms with Gasteiger partial charge in [0, 0.05) is 39.9 Å². The van der Waals surface area contributed by atoms with Crippen molar-refractivity contribution in [2.45, 2.75) is 0 Å². The summed E-state index contributed by atoms with van der Waals surface area (Å²) in [5, 5.41) is 19.4. The molecule has 1 radical (unpaired) electrons. The van der Waals surface area contributed by atoms with Crippen molar-refractivity contribution >= 4 is 33.7 Å². The number of hydrogen-bond donors (Lipinski definition) is 2. The van der Waals surface area contributed by atoms with Crippen molar-refractivity contribution in [3.63, 3.8) is 0 Å². The minimum atomic E-state index is -0.940. The largest absolute Gasteiger partial charge is 0.478 e. The van der Waals surface area contributed by atoms with Crippen LogP contribution in [0.15, 0.2) is 73.1 Å². The quantitative estimate of drug-likeness (QED) is 0.525. The number of benzene rings is 2. The molecule has 2 N–H and O–H groups in total. The fourth-order valence-electron chi connectivity index (χ4n) is 2.55. The topological polar surface area (TPSA) is 100 Å². The number of pyridine rings is 2. The Kier molecular flexibility index (Phi) is 6.59. The summed E-state index contributed by atoms with van der Waals surface area (Å²) in [6.45, 7) is 0. The van der Waals surface area contributed by atoms with E-state index in [1.165, 1.54) is 0 Å². The fourth-order valence-corrected chi connectivity index (χ4v) is 2.55. The molecule has 0 atom stereocenters. The predicted octanol–water partition coefficient (Wildman–Crippen LogP) is 3.86. The third kappa shape index (κ3) is 4.46. The molecule has 4 rings (SSSR count). The molecule has 7 heteroatoms. The van der Waals surface area contributed by atoms with Gasteiger partial charge >= 0.3 is 11.9 Å². The van der Waals surface area contributed by atoms with E-state index in [1.54, 1.807) is 48.8 Å². The van der Waals surface area contributed by atoms with E-state index < -0.39 is 11.9 Å². The summed E-state index contributed by atoms with van der Waals surface area (Å²) in [6.07, 6.45) is 3.18. The molecule has 0 spiro atoms. The average molecular weight is 405 g/mol. The maximum Gasteiger partial charge on any atom is 0.337 e. The third-order valence-electron chi connectivity index (χ3n) is 3.73. The van der Waals surface area contributed by atoms with Crippen molar-refractivity contribution < 1.29 is 36.6 Å². The van der Waals surface area contributed by atoms with Crippen LogP contribution in [-0.4, -0.2) is 32.1 Å². The van der Waals surface area contributed by atoms with Gasteiger partial charge in [0.1, 0.15) is 0 Å². The zero-order chi connectivity index (χ0) is 18.5. The summed E-state index contributed by atoms with van der Waals surface area (Å²) in [7, 11) is 0. The second kappa shape index (κ2) is 8.88. The molecule has 4 aromatic rings. The summed E-state index contributed by atoms with van der Waals surface area (Å²) in [5.74, 6) is -1.88. The Bertz CT molecular complexity index is 1020. The van der Waals surface area contributed by atoms with Gasteiger partial charge in [-0.05, 0) is 24.3 Å². The smallest absolute Gasteiger partial charge is 0.337 e. The van der Waals surface area contributed by atoms with Crippen LogP contribution in [0.25, 0.3) is 21.8 Å². The van der Waals surface area contributed by atoms with Gasteiger partial charge in [0.2, 0.25) is 0 Å². The molecule has 0 aliphatic heterocycles. The van der Waals surface area contributed by atoms with E-state index in [9.17, 15) is 9.59 Å². The van der Waals surface area contributed by atoms with Gasteiger partial charge < -0.3 is 10.2 Å². The molecule has 0 saturated carbocycles. The van der Waals surface area contributed by atoms with Gasteiger partial charge in [0.15, 0.2) is 0 Å². The van der Waals surface area contributed by atoms with E-state index >= 15 is 0 Å². The third-order valence-corrected chi connectivity index (χ3v) is 3.73. The van der Waals surface area contributed by atoms with Crippen LogP contribution in [0.1, 0.15) is 20.7 Å². The molecule has 0 fully saturated rings. The molecule has 0 aliphatic carbocycles. The summed E-state index contributed by atoms with van der Waals surface area (Å²) in [6, 6.07) is 17.5. The second-order valence-electron chi connectivity index (χ2n) is 5.37. The van der Waals surface area contributed by atoms with Crippen LogP contribution < -0.4 is 0 Å². The first kappa shape index (κ1) is 20.0. The normalized spacial score (nSPS) is 9.78. The van der Waals surface area contributed by atoms with Gasteiger partial charge in [0.25, 0.3) is 0 Å². The van der Waals surface area contributed by atoms with Crippen LogP contribution in [0.3, 0.4) is 0 Å². The minimum Gasteiger partial charge on any atom is -0.478 e. The Morgan fingerprint density at radius 3 is 1.37 bits per heavy atom. The molecule has 27 heavy (non-hydrogen) atoms. The Balaban J connectivity index is 0.000000187. The molecule has 0 unspecified atom stereocenters. The van der Waals surface area contributed by atoms with Crippen molar-refractivity contribution in [2.24, 2.45) is 0 Å². The monoisotopic (exact) mass is 405 g/mol. The van der Waals surface area contributed by atoms with Gasteiger partial charge in [-0.15, -0.1) is 0 Å². The average Bonchev–Trinajstić information content (AvgIpc) is 2.67. The summed E-state index contributed by atoms with van der Waals surface area (Å²) in [5.41, 5.74) is 1.58. The second-order valence-corrected chi connectivity index (χ2v) is 5.37. The number of carbonyl (C=O) groups is 2. The van der Waals surface area contributed by atoms with E-state index in [-0.39, 0.29) is 27.9 Å². The van der Waals surface area contributed by atoms with Crippen LogP contribution in [0.5, 0.6) is 0 Å². The number of rotatable bonds is 2. The van der Waals surface area contributed by atoms with Crippen LogP contribution in [0.2, 0.25) is 0 Å². The van der Waals surface area contributed by atoms with Crippen LogP contribution in [0, 0.1) is 0 Å². The van der Waals surface area contributed by atoms with Crippen molar-refractivity contribution in [1.82, 2.24) is 9.97 Å². The van der Waals surface area contributed by atoms with Crippen LogP contribution >= 0.6 is 0 Å². The number of fused-ring (bicyclic) bond motifs is 2. The Labute approximate surface area is 164 Å². The maximum absolute atomic E-state index is 10.8. The first-order valence-corrected chi connectivity index (χ1v) is 7.72. The number of nitrogens with zero attached hydrogens (tertiary/aromatic N) is 2. The zero-order valence-electron chi connectivity index (χ0n) is 13.9. The van der Waals surface area contributed by atoms with Gasteiger partial charge in [-0.3, -0.25) is 9.97 Å². The zero-order valence-corrected chi connectivity index (χ0v) is 14.9. The van der Waals surface area contributed by atoms with Gasteiger partial charge in [-0.25, -0.2) is 9.59 Å². The molecular formula is C20H14CoN2O4. The molecule has 0 saturated heterocycles. The van der Waals surface area contributed by atoms with E-state index in [0.29, 0.717) is 11.0 Å². The van der Waals surface area contributed by atoms with Crippen molar-refractivity contribution in [3.05, 3.63) is 84.2 Å². The molecule has 6 nitrogen and oxygen atoms in total. The molecule has 0 amide bonds. The number of hydrogen-bond acceptors (Lipinski definition) is 4. The number of aromatic carboxylic acids is 2. The van der Waals surface area contributed by atoms with Crippen LogP contribution in [0.4, 0.5) is 0 Å². The van der Waals surface area contributed by atoms with Crippen molar-refractivity contribution in [1.29, 1.82) is 0 Å². The fraction of sp³-hybridized carbons (Fsp3) is 0.